The van der Waals surface area contributed by atoms with Gasteiger partial charge in [-0.25, -0.2) is 0 Å². The lowest BCUT2D eigenvalue weighted by molar-refractivity contribution is -0.136. The summed E-state index contributed by atoms with van der Waals surface area (Å²) < 4.78 is 5.69. The molecule has 0 radical (unpaired) electrons. The number of hydrogen-bond acceptors (Lipinski definition) is 2. The second-order valence-electron chi connectivity index (χ2n) is 4.53. The first-order valence-electron chi connectivity index (χ1n) is 5.89. The summed E-state index contributed by atoms with van der Waals surface area (Å²) in [5.74, 6) is 0.126. The largest absolute Gasteiger partial charge is 0.491 e. The lowest BCUT2D eigenvalue weighted by Crippen LogP contribution is -2.08. The second kappa shape index (κ2) is 5.71. The van der Waals surface area contributed by atoms with Crippen molar-refractivity contribution < 1.29 is 14.6 Å². The average molecular weight is 236 g/mol. The van der Waals surface area contributed by atoms with Gasteiger partial charge < -0.3 is 9.84 Å². The molecule has 0 heterocycles. The van der Waals surface area contributed by atoms with Crippen LogP contribution >= 0.6 is 0 Å². The number of carboxylic acids is 1. The van der Waals surface area contributed by atoms with Gasteiger partial charge in [0.25, 0.3) is 0 Å². The van der Waals surface area contributed by atoms with Crippen molar-refractivity contribution in [3.05, 3.63) is 28.8 Å². The third kappa shape index (κ3) is 3.77. The zero-order chi connectivity index (χ0) is 13.0. The molecule has 0 aliphatic heterocycles. The fourth-order valence-corrected chi connectivity index (χ4v) is 1.75. The Kier molecular flexibility index (Phi) is 4.55. The van der Waals surface area contributed by atoms with Crippen molar-refractivity contribution in [1.82, 2.24) is 0 Å². The third-order valence-electron chi connectivity index (χ3n) is 2.82. The minimum absolute atomic E-state index is 0.151. The lowest BCUT2D eigenvalue weighted by atomic mass is 9.99. The van der Waals surface area contributed by atoms with E-state index in [4.69, 9.17) is 9.84 Å². The van der Waals surface area contributed by atoms with Crippen molar-refractivity contribution >= 4 is 5.97 Å². The lowest BCUT2D eigenvalue weighted by Gasteiger charge is -2.16. The van der Waals surface area contributed by atoms with E-state index in [-0.39, 0.29) is 12.5 Å². The van der Waals surface area contributed by atoms with Crippen LogP contribution in [0.4, 0.5) is 0 Å². The molecular weight excluding hydrogens is 216 g/mol. The highest BCUT2D eigenvalue weighted by molar-refractivity contribution is 5.67. The van der Waals surface area contributed by atoms with Gasteiger partial charge in [-0.05, 0) is 56.9 Å². The van der Waals surface area contributed by atoms with Crippen LogP contribution in [0, 0.1) is 13.8 Å². The van der Waals surface area contributed by atoms with Crippen LogP contribution < -0.4 is 4.74 Å². The molecule has 0 aromatic heterocycles. The van der Waals surface area contributed by atoms with Crippen molar-refractivity contribution in [3.8, 4) is 5.75 Å². The normalized spacial score (nSPS) is 10.6. The summed E-state index contributed by atoms with van der Waals surface area (Å²) in [6, 6.07) is 3.89. The molecule has 0 atom stereocenters. The van der Waals surface area contributed by atoms with Gasteiger partial charge in [-0.3, -0.25) is 4.79 Å². The number of rotatable bonds is 5. The summed E-state index contributed by atoms with van der Waals surface area (Å²) >= 11 is 0. The average Bonchev–Trinajstić information content (AvgIpc) is 2.23. The predicted molar refractivity (Wildman–Crippen MR) is 67.6 cm³/mol. The molecule has 1 N–H and O–H groups in total. The molecule has 1 rings (SSSR count). The molecule has 0 aliphatic carbocycles. The fourth-order valence-electron chi connectivity index (χ4n) is 1.75. The molecule has 0 spiro atoms. The van der Waals surface area contributed by atoms with Crippen LogP contribution in [0.3, 0.4) is 0 Å². The maximum absolute atomic E-state index is 10.6. The van der Waals surface area contributed by atoms with E-state index in [9.17, 15) is 4.79 Å². The number of benzene rings is 1. The Morgan fingerprint density at radius 1 is 1.29 bits per heavy atom. The summed E-state index contributed by atoms with van der Waals surface area (Å²) in [6.45, 7) is 8.01. The van der Waals surface area contributed by atoms with Gasteiger partial charge in [0.05, 0.1) is 6.10 Å². The summed E-state index contributed by atoms with van der Waals surface area (Å²) in [7, 11) is 0. The number of aliphatic carboxylic acids is 1. The first-order valence-corrected chi connectivity index (χ1v) is 5.89. The maximum Gasteiger partial charge on any atom is 0.303 e. The van der Waals surface area contributed by atoms with Gasteiger partial charge in [-0.15, -0.1) is 0 Å². The number of carbonyl (C=O) groups is 1. The van der Waals surface area contributed by atoms with Crippen molar-refractivity contribution in [3.63, 3.8) is 0 Å². The van der Waals surface area contributed by atoms with Crippen LogP contribution in [0.2, 0.25) is 0 Å². The van der Waals surface area contributed by atoms with Crippen LogP contribution in [0.25, 0.3) is 0 Å². The maximum atomic E-state index is 10.6. The second-order valence-corrected chi connectivity index (χ2v) is 4.53. The van der Waals surface area contributed by atoms with Gasteiger partial charge in [0.2, 0.25) is 0 Å². The van der Waals surface area contributed by atoms with Gasteiger partial charge in [0.15, 0.2) is 0 Å². The van der Waals surface area contributed by atoms with Crippen LogP contribution in [0.1, 0.15) is 37.0 Å². The molecule has 0 fully saturated rings. The number of ether oxygens (including phenoxy) is 1. The van der Waals surface area contributed by atoms with Gasteiger partial charge >= 0.3 is 5.97 Å². The van der Waals surface area contributed by atoms with Crippen molar-refractivity contribution in [1.29, 1.82) is 0 Å². The third-order valence-corrected chi connectivity index (χ3v) is 2.82. The van der Waals surface area contributed by atoms with Gasteiger partial charge in [-0.2, -0.15) is 0 Å². The minimum atomic E-state index is -0.760. The zero-order valence-corrected chi connectivity index (χ0v) is 10.9. The Bertz CT molecular complexity index is 408. The Morgan fingerprint density at radius 3 is 2.47 bits per heavy atom. The van der Waals surface area contributed by atoms with Crippen LogP contribution in [0.5, 0.6) is 5.75 Å². The number of carboxylic acid groups (broad SMARTS) is 1. The summed E-state index contributed by atoms with van der Waals surface area (Å²) in [5, 5.41) is 8.68. The van der Waals surface area contributed by atoms with E-state index in [2.05, 4.69) is 0 Å². The molecular formula is C14H20O3. The minimum Gasteiger partial charge on any atom is -0.491 e. The van der Waals surface area contributed by atoms with E-state index in [1.807, 2.05) is 39.8 Å². The van der Waals surface area contributed by atoms with Crippen molar-refractivity contribution in [2.45, 2.75) is 46.6 Å². The van der Waals surface area contributed by atoms with Gasteiger partial charge in [0, 0.05) is 6.42 Å². The standard InChI is InChI=1S/C14H20O3/c1-9(2)17-13-7-5-12(6-8-14(15)16)10(3)11(13)4/h5,7,9H,6,8H2,1-4H3,(H,15,16). The fraction of sp³-hybridized carbons (Fsp3) is 0.500. The highest BCUT2D eigenvalue weighted by atomic mass is 16.5. The quantitative estimate of drug-likeness (QED) is 0.854. The summed E-state index contributed by atoms with van der Waals surface area (Å²) in [5.41, 5.74) is 3.31. The summed E-state index contributed by atoms with van der Waals surface area (Å²) in [6.07, 6.45) is 0.896. The van der Waals surface area contributed by atoms with Crippen LogP contribution in [-0.2, 0) is 11.2 Å². The van der Waals surface area contributed by atoms with Crippen LogP contribution in [-0.4, -0.2) is 17.2 Å². The Hall–Kier alpha value is -1.51. The summed E-state index contributed by atoms with van der Waals surface area (Å²) in [4.78, 5) is 10.6. The number of aryl methyl sites for hydroxylation is 1. The first-order chi connectivity index (χ1) is 7.91. The van der Waals surface area contributed by atoms with Crippen LogP contribution in [0.15, 0.2) is 12.1 Å². The molecule has 0 saturated heterocycles. The van der Waals surface area contributed by atoms with E-state index >= 15 is 0 Å². The van der Waals surface area contributed by atoms with Crippen molar-refractivity contribution in [2.24, 2.45) is 0 Å². The molecule has 94 valence electrons. The van der Waals surface area contributed by atoms with Gasteiger partial charge in [-0.1, -0.05) is 6.07 Å². The first kappa shape index (κ1) is 13.6. The molecule has 1 aromatic carbocycles. The number of hydrogen-bond donors (Lipinski definition) is 1. The monoisotopic (exact) mass is 236 g/mol. The Labute approximate surface area is 102 Å². The zero-order valence-electron chi connectivity index (χ0n) is 10.9. The SMILES string of the molecule is Cc1c(CCC(=O)O)ccc(OC(C)C)c1C. The highest BCUT2D eigenvalue weighted by Crippen LogP contribution is 2.25. The van der Waals surface area contributed by atoms with Crippen molar-refractivity contribution in [2.75, 3.05) is 0 Å². The predicted octanol–water partition coefficient (Wildman–Crippen LogP) is 3.11. The molecule has 0 saturated carbocycles. The van der Waals surface area contributed by atoms with E-state index in [0.717, 1.165) is 22.4 Å². The molecule has 0 bridgehead atoms. The smallest absolute Gasteiger partial charge is 0.303 e. The molecule has 0 amide bonds. The Balaban J connectivity index is 2.90. The van der Waals surface area contributed by atoms with E-state index in [1.54, 1.807) is 0 Å². The van der Waals surface area contributed by atoms with E-state index < -0.39 is 5.97 Å². The topological polar surface area (TPSA) is 46.5 Å². The molecule has 0 aliphatic rings. The molecule has 1 aromatic rings. The molecule has 17 heavy (non-hydrogen) atoms. The van der Waals surface area contributed by atoms with E-state index in [0.29, 0.717) is 6.42 Å². The Morgan fingerprint density at radius 2 is 1.94 bits per heavy atom. The molecule has 0 unspecified atom stereocenters. The highest BCUT2D eigenvalue weighted by Gasteiger charge is 2.09. The molecule has 3 heteroatoms. The molecule has 3 nitrogen and oxygen atoms in total. The van der Waals surface area contributed by atoms with E-state index in [1.165, 1.54) is 0 Å². The van der Waals surface area contributed by atoms with Gasteiger partial charge in [0.1, 0.15) is 5.75 Å².